The molecule has 0 amide bonds. The third kappa shape index (κ3) is 2.35. The first-order valence-corrected chi connectivity index (χ1v) is 8.91. The van der Waals surface area contributed by atoms with Crippen LogP contribution < -0.4 is 21.3 Å². The van der Waals surface area contributed by atoms with Crippen molar-refractivity contribution in [3.8, 4) is 11.5 Å². The van der Waals surface area contributed by atoms with Crippen molar-refractivity contribution in [1.82, 2.24) is 9.97 Å². The summed E-state index contributed by atoms with van der Waals surface area (Å²) in [5.41, 5.74) is 8.56. The van der Waals surface area contributed by atoms with Gasteiger partial charge in [0.1, 0.15) is 5.82 Å². The maximum absolute atomic E-state index is 13.3. The van der Waals surface area contributed by atoms with Crippen LogP contribution in [0.25, 0.3) is 5.70 Å². The van der Waals surface area contributed by atoms with Gasteiger partial charge in [0, 0.05) is 22.6 Å². The molecule has 144 valence electrons. The minimum atomic E-state index is -0.701. The summed E-state index contributed by atoms with van der Waals surface area (Å²) in [4.78, 5) is 32.9. The molecule has 5 N–H and O–H groups in total. The van der Waals surface area contributed by atoms with Gasteiger partial charge in [-0.2, -0.15) is 4.98 Å². The van der Waals surface area contributed by atoms with Crippen LogP contribution in [-0.4, -0.2) is 28.0 Å². The van der Waals surface area contributed by atoms with E-state index in [0.29, 0.717) is 28.2 Å². The van der Waals surface area contributed by atoms with Crippen LogP contribution >= 0.6 is 0 Å². The molecule has 0 bridgehead atoms. The molecule has 0 radical (unpaired) electrons. The molecule has 2 heterocycles. The number of carbonyl (C=O) groups excluding carboxylic acids is 1. The minimum absolute atomic E-state index is 0.0232. The Balaban J connectivity index is 1.82. The first-order chi connectivity index (χ1) is 14.0. The van der Waals surface area contributed by atoms with Crippen molar-refractivity contribution in [2.75, 3.05) is 18.2 Å². The normalized spacial score (nSPS) is 16.7. The Labute approximate surface area is 164 Å². The first kappa shape index (κ1) is 17.1. The number of phenolic OH excluding ortho intramolecular Hbond substituents is 1. The lowest BCUT2D eigenvalue weighted by Crippen LogP contribution is -2.28. The first-order valence-electron chi connectivity index (χ1n) is 8.91. The largest absolute Gasteiger partial charge is 0.504 e. The average Bonchev–Trinajstić information content (AvgIpc) is 2.99. The molecule has 0 saturated carbocycles. The zero-order valence-corrected chi connectivity index (χ0v) is 15.3. The van der Waals surface area contributed by atoms with Crippen molar-refractivity contribution >= 4 is 23.2 Å². The summed E-state index contributed by atoms with van der Waals surface area (Å²) in [6.07, 6.45) is 0. The summed E-state index contributed by atoms with van der Waals surface area (Å²) in [5.74, 6) is -0.386. The molecule has 5 rings (SSSR count). The van der Waals surface area contributed by atoms with Crippen molar-refractivity contribution in [2.24, 2.45) is 0 Å². The van der Waals surface area contributed by atoms with Crippen molar-refractivity contribution in [3.63, 3.8) is 0 Å². The van der Waals surface area contributed by atoms with Gasteiger partial charge in [-0.05, 0) is 17.7 Å². The molecule has 8 nitrogen and oxygen atoms in total. The van der Waals surface area contributed by atoms with E-state index in [4.69, 9.17) is 10.5 Å². The zero-order valence-electron chi connectivity index (χ0n) is 15.3. The number of hydrogen-bond acceptors (Lipinski definition) is 7. The van der Waals surface area contributed by atoms with E-state index in [2.05, 4.69) is 15.3 Å². The second-order valence-electron chi connectivity index (χ2n) is 6.87. The fourth-order valence-electron chi connectivity index (χ4n) is 4.05. The van der Waals surface area contributed by atoms with Crippen molar-refractivity contribution in [1.29, 1.82) is 0 Å². The summed E-state index contributed by atoms with van der Waals surface area (Å²) in [6.45, 7) is 0. The molecular formula is C21H16N4O4. The fourth-order valence-corrected chi connectivity index (χ4v) is 4.05. The second-order valence-corrected chi connectivity index (χ2v) is 6.87. The number of allylic oxidation sites excluding steroid dienone is 1. The highest BCUT2D eigenvalue weighted by Crippen LogP contribution is 2.48. The average molecular weight is 388 g/mol. The van der Waals surface area contributed by atoms with Crippen LogP contribution in [0.2, 0.25) is 0 Å². The highest BCUT2D eigenvalue weighted by molar-refractivity contribution is 6.23. The number of benzene rings is 2. The topological polar surface area (TPSA) is 130 Å². The zero-order chi connectivity index (χ0) is 20.3. The van der Waals surface area contributed by atoms with Crippen LogP contribution in [0.5, 0.6) is 11.5 Å². The maximum Gasteiger partial charge on any atom is 0.258 e. The molecule has 3 aromatic rings. The van der Waals surface area contributed by atoms with E-state index < -0.39 is 11.5 Å². The molecule has 2 aliphatic rings. The number of phenols is 1. The smallest absolute Gasteiger partial charge is 0.258 e. The number of Topliss-reactive ketones (excluding diaryl/α,β-unsaturated/α-hetero) is 1. The van der Waals surface area contributed by atoms with E-state index in [1.165, 1.54) is 13.2 Å². The van der Waals surface area contributed by atoms with Gasteiger partial charge in [0.15, 0.2) is 17.3 Å². The van der Waals surface area contributed by atoms with Gasteiger partial charge in [0.25, 0.3) is 5.56 Å². The van der Waals surface area contributed by atoms with E-state index in [1.54, 1.807) is 24.3 Å². The van der Waals surface area contributed by atoms with Gasteiger partial charge in [-0.15, -0.1) is 0 Å². The number of ketones is 1. The minimum Gasteiger partial charge on any atom is -0.504 e. The molecule has 0 unspecified atom stereocenters. The molecule has 0 fully saturated rings. The Morgan fingerprint density at radius 2 is 1.90 bits per heavy atom. The number of aromatic nitrogens is 2. The highest BCUT2D eigenvalue weighted by atomic mass is 16.5. The molecule has 8 heteroatoms. The number of hydrogen-bond donors (Lipinski definition) is 4. The van der Waals surface area contributed by atoms with Gasteiger partial charge in [-0.25, -0.2) is 0 Å². The van der Waals surface area contributed by atoms with Gasteiger partial charge < -0.3 is 20.9 Å². The number of H-pyrrole nitrogens is 1. The van der Waals surface area contributed by atoms with Crippen LogP contribution in [0.3, 0.4) is 0 Å². The van der Waals surface area contributed by atoms with Crippen molar-refractivity contribution < 1.29 is 14.6 Å². The number of ether oxygens (including phenoxy) is 1. The lowest BCUT2D eigenvalue weighted by atomic mass is 9.81. The Bertz CT molecular complexity index is 1290. The van der Waals surface area contributed by atoms with Gasteiger partial charge in [-0.1, -0.05) is 30.3 Å². The standard InChI is InChI=1S/C21H16N4O4/c1-29-13-8-9(6-7-12(13)26)14-15-17(10-4-2-3-5-11(10)18(15)27)23-19-16(14)20(28)25-21(22)24-19/h2-8,14,26H,1H3,(H4,22,23,24,25,28)/t14-/m0/s1. The SMILES string of the molecule is COc1cc([C@H]2C3=C(Nc4nc(N)[nH]c(=O)c42)c2ccccc2C3=O)ccc1O. The van der Waals surface area contributed by atoms with E-state index in [-0.39, 0.29) is 28.8 Å². The number of nitrogens with one attached hydrogen (secondary N) is 2. The Hall–Kier alpha value is -4.07. The highest BCUT2D eigenvalue weighted by Gasteiger charge is 2.42. The molecule has 0 saturated heterocycles. The number of aromatic hydroxyl groups is 1. The molecule has 0 spiro atoms. The summed E-state index contributed by atoms with van der Waals surface area (Å²) in [5, 5.41) is 13.1. The summed E-state index contributed by atoms with van der Waals surface area (Å²) in [7, 11) is 1.44. The van der Waals surface area contributed by atoms with Crippen molar-refractivity contribution in [2.45, 2.75) is 5.92 Å². The van der Waals surface area contributed by atoms with Crippen LogP contribution in [0, 0.1) is 0 Å². The number of methoxy groups -OCH3 is 1. The van der Waals surface area contributed by atoms with E-state index in [0.717, 1.165) is 5.56 Å². The van der Waals surface area contributed by atoms with Gasteiger partial charge in [0.05, 0.1) is 18.4 Å². The van der Waals surface area contributed by atoms with Crippen LogP contribution in [0.4, 0.5) is 11.8 Å². The van der Waals surface area contributed by atoms with Crippen LogP contribution in [0.1, 0.15) is 33.0 Å². The summed E-state index contributed by atoms with van der Waals surface area (Å²) in [6, 6.07) is 12.0. The Morgan fingerprint density at radius 3 is 2.66 bits per heavy atom. The number of anilines is 2. The Kier molecular flexibility index (Phi) is 3.51. The Morgan fingerprint density at radius 1 is 1.14 bits per heavy atom. The van der Waals surface area contributed by atoms with E-state index >= 15 is 0 Å². The predicted octanol–water partition coefficient (Wildman–Crippen LogP) is 2.23. The van der Waals surface area contributed by atoms with E-state index in [9.17, 15) is 14.7 Å². The van der Waals surface area contributed by atoms with E-state index in [1.807, 2.05) is 12.1 Å². The monoisotopic (exact) mass is 388 g/mol. The fraction of sp³-hybridized carbons (Fsp3) is 0.0952. The molecule has 1 aliphatic carbocycles. The molecule has 1 aromatic heterocycles. The quantitative estimate of drug-likeness (QED) is 0.529. The third-order valence-electron chi connectivity index (χ3n) is 5.29. The second kappa shape index (κ2) is 5.96. The molecule has 1 aliphatic heterocycles. The lowest BCUT2D eigenvalue weighted by Gasteiger charge is -2.27. The number of fused-ring (bicyclic) bond motifs is 3. The number of carbonyl (C=O) groups is 1. The molecule has 29 heavy (non-hydrogen) atoms. The van der Waals surface area contributed by atoms with Gasteiger partial charge in [0.2, 0.25) is 5.95 Å². The van der Waals surface area contributed by atoms with Gasteiger partial charge >= 0.3 is 0 Å². The number of rotatable bonds is 2. The number of nitrogens with two attached hydrogens (primary N) is 1. The molecule has 2 aromatic carbocycles. The van der Waals surface area contributed by atoms with Crippen LogP contribution in [0.15, 0.2) is 52.8 Å². The van der Waals surface area contributed by atoms with Crippen molar-refractivity contribution in [3.05, 3.63) is 80.6 Å². The molecule has 1 atom stereocenters. The number of nitrogens with zero attached hydrogens (tertiary/aromatic N) is 1. The van der Waals surface area contributed by atoms with Gasteiger partial charge in [-0.3, -0.25) is 14.6 Å². The number of nitrogen functional groups attached to an aromatic ring is 1. The number of aromatic amines is 1. The maximum atomic E-state index is 13.3. The molecular weight excluding hydrogens is 372 g/mol. The summed E-state index contributed by atoms with van der Waals surface area (Å²) < 4.78 is 5.23. The lowest BCUT2D eigenvalue weighted by molar-refractivity contribution is 0.103. The van der Waals surface area contributed by atoms with Crippen LogP contribution in [-0.2, 0) is 0 Å². The third-order valence-corrected chi connectivity index (χ3v) is 5.29. The summed E-state index contributed by atoms with van der Waals surface area (Å²) >= 11 is 0. The predicted molar refractivity (Wildman–Crippen MR) is 107 cm³/mol.